The first-order valence-corrected chi connectivity index (χ1v) is 7.87. The summed E-state index contributed by atoms with van der Waals surface area (Å²) in [4.78, 5) is 13.8. The molecule has 0 spiro atoms. The van der Waals surface area contributed by atoms with Gasteiger partial charge in [-0.05, 0) is 32.4 Å². The molecule has 0 saturated heterocycles. The van der Waals surface area contributed by atoms with E-state index >= 15 is 0 Å². The molecule has 0 saturated carbocycles. The highest BCUT2D eigenvalue weighted by Gasteiger charge is 2.17. The van der Waals surface area contributed by atoms with Crippen LogP contribution in [0.3, 0.4) is 0 Å². The lowest BCUT2D eigenvalue weighted by molar-refractivity contribution is -0.155. The van der Waals surface area contributed by atoms with Gasteiger partial charge in [-0.1, -0.05) is 23.4 Å². The minimum absolute atomic E-state index is 0.00571. The van der Waals surface area contributed by atoms with Gasteiger partial charge < -0.3 is 20.8 Å². The summed E-state index contributed by atoms with van der Waals surface area (Å²) in [6, 6.07) is 7.28. The summed E-state index contributed by atoms with van der Waals surface area (Å²) >= 11 is 0. The summed E-state index contributed by atoms with van der Waals surface area (Å²) < 4.78 is 5.29. The van der Waals surface area contributed by atoms with Crippen molar-refractivity contribution in [2.75, 3.05) is 19.7 Å². The molecular formula is C17H27N3O4. The number of aliphatic hydroxyl groups is 1. The molecule has 0 unspecified atom stereocenters. The number of hydrogen-bond donors (Lipinski definition) is 3. The standard InChI is InChI=1S/C17H27N3O4/c1-17(2,3)24-15(22)7-8-20(9-10-21)12-13-5-4-6-14(11-13)16(18)19-23/h4-6,11,21,23H,7-10,12H2,1-3H3,(H2,18,19). The average Bonchev–Trinajstić information content (AvgIpc) is 2.50. The zero-order chi connectivity index (χ0) is 18.2. The zero-order valence-corrected chi connectivity index (χ0v) is 14.5. The number of hydrogen-bond acceptors (Lipinski definition) is 6. The summed E-state index contributed by atoms with van der Waals surface area (Å²) in [6.45, 7) is 6.93. The molecule has 1 aromatic carbocycles. The van der Waals surface area contributed by atoms with E-state index in [0.29, 0.717) is 25.2 Å². The van der Waals surface area contributed by atoms with Crippen molar-refractivity contribution < 1.29 is 19.8 Å². The van der Waals surface area contributed by atoms with Crippen LogP contribution >= 0.6 is 0 Å². The van der Waals surface area contributed by atoms with Crippen molar-refractivity contribution in [1.82, 2.24) is 4.90 Å². The molecular weight excluding hydrogens is 310 g/mol. The van der Waals surface area contributed by atoms with Gasteiger partial charge in [0.2, 0.25) is 0 Å². The van der Waals surface area contributed by atoms with E-state index in [2.05, 4.69) is 5.16 Å². The van der Waals surface area contributed by atoms with Crippen LogP contribution in [0, 0.1) is 0 Å². The second-order valence-electron chi connectivity index (χ2n) is 6.52. The number of nitrogens with zero attached hydrogens (tertiary/aromatic N) is 2. The Labute approximate surface area is 142 Å². The number of carbonyl (C=O) groups excluding carboxylic acids is 1. The Balaban J connectivity index is 2.68. The number of amidine groups is 1. The number of nitrogens with two attached hydrogens (primary N) is 1. The Morgan fingerprint density at radius 2 is 2.04 bits per heavy atom. The first kappa shape index (κ1) is 19.9. The predicted octanol–water partition coefficient (Wildman–Crippen LogP) is 1.31. The molecule has 0 fully saturated rings. The fourth-order valence-corrected chi connectivity index (χ4v) is 2.20. The van der Waals surface area contributed by atoms with E-state index in [1.165, 1.54) is 0 Å². The maximum atomic E-state index is 11.8. The molecule has 0 amide bonds. The van der Waals surface area contributed by atoms with Crippen molar-refractivity contribution in [2.45, 2.75) is 39.3 Å². The number of aliphatic hydroxyl groups excluding tert-OH is 1. The lowest BCUT2D eigenvalue weighted by Crippen LogP contribution is -2.31. The zero-order valence-electron chi connectivity index (χ0n) is 14.5. The van der Waals surface area contributed by atoms with Crippen molar-refractivity contribution in [3.63, 3.8) is 0 Å². The van der Waals surface area contributed by atoms with Crippen LogP contribution in [0.1, 0.15) is 38.3 Å². The number of benzene rings is 1. The Morgan fingerprint density at radius 1 is 1.33 bits per heavy atom. The number of ether oxygens (including phenoxy) is 1. The second-order valence-corrected chi connectivity index (χ2v) is 6.52. The average molecular weight is 337 g/mol. The largest absolute Gasteiger partial charge is 0.460 e. The first-order valence-electron chi connectivity index (χ1n) is 7.87. The number of carbonyl (C=O) groups is 1. The minimum Gasteiger partial charge on any atom is -0.460 e. The van der Waals surface area contributed by atoms with Crippen molar-refractivity contribution in [1.29, 1.82) is 0 Å². The summed E-state index contributed by atoms with van der Waals surface area (Å²) in [5, 5.41) is 21.0. The van der Waals surface area contributed by atoms with E-state index in [4.69, 9.17) is 15.7 Å². The van der Waals surface area contributed by atoms with Gasteiger partial charge in [-0.25, -0.2) is 0 Å². The lowest BCUT2D eigenvalue weighted by Gasteiger charge is -2.23. The van der Waals surface area contributed by atoms with Crippen molar-refractivity contribution >= 4 is 11.8 Å². The molecule has 0 atom stereocenters. The molecule has 0 bridgehead atoms. The van der Waals surface area contributed by atoms with Gasteiger partial charge in [0.25, 0.3) is 0 Å². The highest BCUT2D eigenvalue weighted by molar-refractivity contribution is 5.97. The van der Waals surface area contributed by atoms with E-state index in [0.717, 1.165) is 5.56 Å². The Bertz CT molecular complexity index is 567. The van der Waals surface area contributed by atoms with E-state index < -0.39 is 5.60 Å². The van der Waals surface area contributed by atoms with Gasteiger partial charge in [0.1, 0.15) is 5.60 Å². The fourth-order valence-electron chi connectivity index (χ4n) is 2.20. The normalized spacial score (nSPS) is 12.5. The van der Waals surface area contributed by atoms with Crippen LogP contribution in [0.5, 0.6) is 0 Å². The molecule has 1 rings (SSSR count). The van der Waals surface area contributed by atoms with Crippen molar-refractivity contribution in [3.8, 4) is 0 Å². The van der Waals surface area contributed by atoms with Crippen LogP contribution in [0.4, 0.5) is 0 Å². The topological polar surface area (TPSA) is 108 Å². The van der Waals surface area contributed by atoms with E-state index in [1.54, 1.807) is 6.07 Å². The molecule has 7 heteroatoms. The molecule has 0 aromatic heterocycles. The minimum atomic E-state index is -0.506. The van der Waals surface area contributed by atoms with Crippen LogP contribution in [0.15, 0.2) is 29.4 Å². The fraction of sp³-hybridized carbons (Fsp3) is 0.529. The molecule has 0 aliphatic heterocycles. The maximum Gasteiger partial charge on any atom is 0.307 e. The molecule has 1 aromatic rings. The molecule has 0 radical (unpaired) electrons. The van der Waals surface area contributed by atoms with Gasteiger partial charge in [-0.3, -0.25) is 9.69 Å². The van der Waals surface area contributed by atoms with Gasteiger partial charge in [-0.15, -0.1) is 0 Å². The summed E-state index contributed by atoms with van der Waals surface area (Å²) in [5.41, 5.74) is 6.65. The third kappa shape index (κ3) is 7.43. The molecule has 4 N–H and O–H groups in total. The van der Waals surface area contributed by atoms with Gasteiger partial charge in [0.15, 0.2) is 5.84 Å². The lowest BCUT2D eigenvalue weighted by atomic mass is 10.1. The van der Waals surface area contributed by atoms with Gasteiger partial charge in [0.05, 0.1) is 13.0 Å². The van der Waals surface area contributed by atoms with Gasteiger partial charge in [0, 0.05) is 25.2 Å². The first-order chi connectivity index (χ1) is 11.2. The van der Waals surface area contributed by atoms with Crippen LogP contribution in [0.2, 0.25) is 0 Å². The third-order valence-electron chi connectivity index (χ3n) is 3.21. The SMILES string of the molecule is CC(C)(C)OC(=O)CCN(CCO)Cc1cccc(/C(N)=N\O)c1. The Hall–Kier alpha value is -2.12. The summed E-state index contributed by atoms with van der Waals surface area (Å²) in [5.74, 6) is -0.227. The van der Waals surface area contributed by atoms with Crippen LogP contribution < -0.4 is 5.73 Å². The molecule has 24 heavy (non-hydrogen) atoms. The monoisotopic (exact) mass is 337 g/mol. The Morgan fingerprint density at radius 3 is 2.62 bits per heavy atom. The van der Waals surface area contributed by atoms with Gasteiger partial charge >= 0.3 is 5.97 Å². The van der Waals surface area contributed by atoms with Gasteiger partial charge in [-0.2, -0.15) is 0 Å². The highest BCUT2D eigenvalue weighted by atomic mass is 16.6. The summed E-state index contributed by atoms with van der Waals surface area (Å²) in [6.07, 6.45) is 0.247. The number of esters is 1. The Kier molecular flexibility index (Phi) is 7.67. The van der Waals surface area contributed by atoms with Crippen molar-refractivity contribution in [3.05, 3.63) is 35.4 Å². The molecule has 0 aliphatic rings. The van der Waals surface area contributed by atoms with Crippen LogP contribution in [-0.4, -0.2) is 52.3 Å². The maximum absolute atomic E-state index is 11.8. The highest BCUT2D eigenvalue weighted by Crippen LogP contribution is 2.11. The molecule has 7 nitrogen and oxygen atoms in total. The van der Waals surface area contributed by atoms with Crippen LogP contribution in [-0.2, 0) is 16.1 Å². The second kappa shape index (κ2) is 9.24. The quantitative estimate of drug-likeness (QED) is 0.217. The van der Waals surface area contributed by atoms with E-state index in [1.807, 2.05) is 43.9 Å². The number of oxime groups is 1. The summed E-state index contributed by atoms with van der Waals surface area (Å²) in [7, 11) is 0. The molecule has 0 aliphatic carbocycles. The third-order valence-corrected chi connectivity index (χ3v) is 3.21. The molecule has 134 valence electrons. The van der Waals surface area contributed by atoms with E-state index in [9.17, 15) is 9.90 Å². The van der Waals surface area contributed by atoms with Crippen molar-refractivity contribution in [2.24, 2.45) is 10.9 Å². The van der Waals surface area contributed by atoms with Crippen LogP contribution in [0.25, 0.3) is 0 Å². The van der Waals surface area contributed by atoms with E-state index in [-0.39, 0.29) is 24.8 Å². The predicted molar refractivity (Wildman–Crippen MR) is 91.8 cm³/mol. The number of rotatable bonds is 8. The molecule has 0 heterocycles. The smallest absolute Gasteiger partial charge is 0.307 e.